The van der Waals surface area contributed by atoms with Gasteiger partial charge in [0.2, 0.25) is 6.79 Å². The Morgan fingerprint density at radius 3 is 3.04 bits per heavy atom. The summed E-state index contributed by atoms with van der Waals surface area (Å²) in [5, 5.41) is 13.8. The van der Waals surface area contributed by atoms with Gasteiger partial charge in [-0.15, -0.1) is 11.3 Å². The van der Waals surface area contributed by atoms with Crippen molar-refractivity contribution in [1.82, 2.24) is 20.5 Å². The molecule has 0 saturated heterocycles. The summed E-state index contributed by atoms with van der Waals surface area (Å²) in [4.78, 5) is 4.45. The van der Waals surface area contributed by atoms with Crippen LogP contribution in [0, 0.1) is 6.92 Å². The third kappa shape index (κ3) is 2.93. The van der Waals surface area contributed by atoms with Crippen molar-refractivity contribution in [1.29, 1.82) is 0 Å². The van der Waals surface area contributed by atoms with Crippen LogP contribution in [0.5, 0.6) is 11.5 Å². The number of ether oxygens (including phenoxy) is 2. The second kappa shape index (κ2) is 6.02. The van der Waals surface area contributed by atoms with Crippen LogP contribution in [0.25, 0.3) is 11.3 Å². The number of rotatable bonds is 5. The van der Waals surface area contributed by atoms with Crippen molar-refractivity contribution in [3.63, 3.8) is 0 Å². The molecule has 23 heavy (non-hydrogen) atoms. The molecule has 0 aliphatic carbocycles. The van der Waals surface area contributed by atoms with E-state index in [9.17, 15) is 0 Å². The van der Waals surface area contributed by atoms with Crippen molar-refractivity contribution in [2.75, 3.05) is 6.79 Å². The van der Waals surface area contributed by atoms with E-state index in [-0.39, 0.29) is 6.79 Å². The Bertz CT molecular complexity index is 827. The van der Waals surface area contributed by atoms with E-state index in [1.807, 2.05) is 31.3 Å². The quantitative estimate of drug-likeness (QED) is 0.753. The van der Waals surface area contributed by atoms with E-state index < -0.39 is 0 Å². The maximum Gasteiger partial charge on any atom is 0.231 e. The molecule has 1 aromatic carbocycles. The zero-order valence-electron chi connectivity index (χ0n) is 12.6. The number of H-pyrrole nitrogens is 1. The van der Waals surface area contributed by atoms with Gasteiger partial charge in [-0.05, 0) is 25.1 Å². The minimum Gasteiger partial charge on any atom is -0.454 e. The van der Waals surface area contributed by atoms with Gasteiger partial charge in [-0.3, -0.25) is 5.10 Å². The van der Waals surface area contributed by atoms with E-state index >= 15 is 0 Å². The highest BCUT2D eigenvalue weighted by Crippen LogP contribution is 2.36. The molecule has 4 rings (SSSR count). The maximum atomic E-state index is 5.44. The zero-order valence-corrected chi connectivity index (χ0v) is 13.4. The fourth-order valence-electron chi connectivity index (χ4n) is 2.56. The molecule has 7 heteroatoms. The molecule has 0 spiro atoms. The van der Waals surface area contributed by atoms with Crippen molar-refractivity contribution >= 4 is 11.3 Å². The van der Waals surface area contributed by atoms with Gasteiger partial charge in [0.25, 0.3) is 0 Å². The number of benzene rings is 1. The summed E-state index contributed by atoms with van der Waals surface area (Å²) in [6.07, 6.45) is 1.85. The third-order valence-electron chi connectivity index (χ3n) is 3.67. The van der Waals surface area contributed by atoms with Gasteiger partial charge in [0.05, 0.1) is 22.6 Å². The average molecular weight is 328 g/mol. The zero-order chi connectivity index (χ0) is 15.6. The standard InChI is InChI=1S/C16H16N4O2S/c1-10-19-13(8-23-10)7-17-5-12-6-18-20-16(12)11-2-3-14-15(4-11)22-9-21-14/h2-4,6,8,17H,5,7,9H2,1H3,(H,18,20). The summed E-state index contributed by atoms with van der Waals surface area (Å²) in [6.45, 7) is 3.76. The summed E-state index contributed by atoms with van der Waals surface area (Å²) < 4.78 is 10.8. The molecule has 2 N–H and O–H groups in total. The highest BCUT2D eigenvalue weighted by Gasteiger charge is 2.16. The molecule has 3 aromatic rings. The molecular formula is C16H16N4O2S. The van der Waals surface area contributed by atoms with Crippen LogP contribution in [0.4, 0.5) is 0 Å². The summed E-state index contributed by atoms with van der Waals surface area (Å²) in [5.41, 5.74) is 4.20. The SMILES string of the molecule is Cc1nc(CNCc2cn[nH]c2-c2ccc3c(c2)OCO3)cs1. The topological polar surface area (TPSA) is 72.1 Å². The molecule has 0 atom stereocenters. The number of hydrogen-bond donors (Lipinski definition) is 2. The minimum absolute atomic E-state index is 0.281. The van der Waals surface area contributed by atoms with Gasteiger partial charge in [0.15, 0.2) is 11.5 Å². The number of aromatic nitrogens is 3. The highest BCUT2D eigenvalue weighted by molar-refractivity contribution is 7.09. The van der Waals surface area contributed by atoms with E-state index in [1.165, 1.54) is 0 Å². The van der Waals surface area contributed by atoms with Gasteiger partial charge in [-0.1, -0.05) is 0 Å². The first-order valence-electron chi connectivity index (χ1n) is 7.33. The van der Waals surface area contributed by atoms with E-state index in [4.69, 9.17) is 9.47 Å². The molecular weight excluding hydrogens is 312 g/mol. The first kappa shape index (κ1) is 14.2. The van der Waals surface area contributed by atoms with Crippen molar-refractivity contribution < 1.29 is 9.47 Å². The predicted octanol–water partition coefficient (Wildman–Crippen LogP) is 2.86. The van der Waals surface area contributed by atoms with Gasteiger partial charge >= 0.3 is 0 Å². The molecule has 0 fully saturated rings. The summed E-state index contributed by atoms with van der Waals surface area (Å²) in [6, 6.07) is 5.91. The molecule has 0 unspecified atom stereocenters. The number of aryl methyl sites for hydroxylation is 1. The van der Waals surface area contributed by atoms with Crippen LogP contribution in [0.1, 0.15) is 16.3 Å². The molecule has 2 aromatic heterocycles. The third-order valence-corrected chi connectivity index (χ3v) is 4.49. The van der Waals surface area contributed by atoms with Gasteiger partial charge in [-0.2, -0.15) is 5.10 Å². The van der Waals surface area contributed by atoms with Crippen LogP contribution in [0.15, 0.2) is 29.8 Å². The largest absolute Gasteiger partial charge is 0.454 e. The van der Waals surface area contributed by atoms with Crippen molar-refractivity contribution in [3.8, 4) is 22.8 Å². The van der Waals surface area contributed by atoms with Crippen LogP contribution >= 0.6 is 11.3 Å². The van der Waals surface area contributed by atoms with Gasteiger partial charge < -0.3 is 14.8 Å². The Balaban J connectivity index is 1.47. The molecule has 0 bridgehead atoms. The van der Waals surface area contributed by atoms with E-state index in [0.29, 0.717) is 0 Å². The number of aromatic amines is 1. The van der Waals surface area contributed by atoms with Crippen molar-refractivity contribution in [2.24, 2.45) is 0 Å². The van der Waals surface area contributed by atoms with Crippen LogP contribution < -0.4 is 14.8 Å². The number of nitrogens with one attached hydrogen (secondary N) is 2. The van der Waals surface area contributed by atoms with Crippen LogP contribution in [0.3, 0.4) is 0 Å². The van der Waals surface area contributed by atoms with Crippen molar-refractivity contribution in [2.45, 2.75) is 20.0 Å². The number of fused-ring (bicyclic) bond motifs is 1. The lowest BCUT2D eigenvalue weighted by atomic mass is 10.1. The molecule has 0 amide bonds. The molecule has 1 aliphatic rings. The van der Waals surface area contributed by atoms with Crippen molar-refractivity contribution in [3.05, 3.63) is 46.0 Å². The first-order chi connectivity index (χ1) is 11.3. The summed E-state index contributed by atoms with van der Waals surface area (Å²) in [7, 11) is 0. The molecule has 118 valence electrons. The number of thiazole rings is 1. The monoisotopic (exact) mass is 328 g/mol. The Labute approximate surface area is 137 Å². The Morgan fingerprint density at radius 1 is 1.26 bits per heavy atom. The predicted molar refractivity (Wildman–Crippen MR) is 87.5 cm³/mol. The van der Waals surface area contributed by atoms with Crippen LogP contribution in [0.2, 0.25) is 0 Å². The fourth-order valence-corrected chi connectivity index (χ4v) is 3.17. The molecule has 3 heterocycles. The van der Waals surface area contributed by atoms with Gasteiger partial charge in [-0.25, -0.2) is 4.98 Å². The lowest BCUT2D eigenvalue weighted by molar-refractivity contribution is 0.174. The highest BCUT2D eigenvalue weighted by atomic mass is 32.1. The van der Waals surface area contributed by atoms with Gasteiger partial charge in [0.1, 0.15) is 0 Å². The maximum absolute atomic E-state index is 5.44. The lowest BCUT2D eigenvalue weighted by Crippen LogP contribution is -2.13. The Hall–Kier alpha value is -2.38. The summed E-state index contributed by atoms with van der Waals surface area (Å²) >= 11 is 1.67. The molecule has 6 nitrogen and oxygen atoms in total. The summed E-state index contributed by atoms with van der Waals surface area (Å²) in [5.74, 6) is 1.56. The number of nitrogens with zero attached hydrogens (tertiary/aromatic N) is 2. The second-order valence-electron chi connectivity index (χ2n) is 5.30. The Morgan fingerprint density at radius 2 is 2.17 bits per heavy atom. The normalized spacial score (nSPS) is 12.7. The van der Waals surface area contributed by atoms with E-state index in [1.54, 1.807) is 11.3 Å². The lowest BCUT2D eigenvalue weighted by Gasteiger charge is -2.06. The average Bonchev–Trinajstić information content (AvgIpc) is 3.27. The number of hydrogen-bond acceptors (Lipinski definition) is 6. The van der Waals surface area contributed by atoms with E-state index in [0.717, 1.165) is 52.1 Å². The smallest absolute Gasteiger partial charge is 0.231 e. The van der Waals surface area contributed by atoms with Crippen LogP contribution in [-0.2, 0) is 13.1 Å². The van der Waals surface area contributed by atoms with Crippen LogP contribution in [-0.4, -0.2) is 22.0 Å². The van der Waals surface area contributed by atoms with E-state index in [2.05, 4.69) is 25.9 Å². The van der Waals surface area contributed by atoms with Gasteiger partial charge in [0, 0.05) is 29.6 Å². The Kier molecular flexibility index (Phi) is 3.72. The molecule has 1 aliphatic heterocycles. The fraction of sp³-hybridized carbons (Fsp3) is 0.250. The molecule has 0 radical (unpaired) electrons. The molecule has 0 saturated carbocycles. The first-order valence-corrected chi connectivity index (χ1v) is 8.21. The minimum atomic E-state index is 0.281. The second-order valence-corrected chi connectivity index (χ2v) is 6.36.